The Bertz CT molecular complexity index is 1090. The van der Waals surface area contributed by atoms with Gasteiger partial charge in [0.15, 0.2) is 5.82 Å². The van der Waals surface area contributed by atoms with Gasteiger partial charge in [-0.15, -0.1) is 0 Å². The molecule has 0 aliphatic carbocycles. The van der Waals surface area contributed by atoms with Gasteiger partial charge >= 0.3 is 6.18 Å². The molecule has 0 saturated carbocycles. The normalized spacial score (nSPS) is 13.4. The number of aromatic nitrogens is 3. The minimum absolute atomic E-state index is 0.204. The van der Waals surface area contributed by atoms with Gasteiger partial charge in [0.2, 0.25) is 0 Å². The smallest absolute Gasteiger partial charge is 0.371 e. The van der Waals surface area contributed by atoms with E-state index in [9.17, 15) is 18.0 Å². The number of carbonyl (C=O) groups excluding carboxylic acids is 1. The third kappa shape index (κ3) is 3.62. The second kappa shape index (κ2) is 7.47. The fourth-order valence-corrected chi connectivity index (χ4v) is 3.59. The van der Waals surface area contributed by atoms with Crippen molar-refractivity contribution in [2.75, 3.05) is 23.3 Å². The van der Waals surface area contributed by atoms with Crippen LogP contribution in [0.2, 0.25) is 0 Å². The van der Waals surface area contributed by atoms with E-state index in [0.29, 0.717) is 16.9 Å². The number of fused-ring (bicyclic) bond motifs is 1. The number of anilines is 2. The molecule has 0 atom stereocenters. The van der Waals surface area contributed by atoms with Gasteiger partial charge in [0.1, 0.15) is 0 Å². The standard InChI is InChI=1S/C21H20F3N5O/c1-3-28-9-8-14-4-6-16(10-18(14)28)27-20(30)17-12-26-29(13(17)2)19-7-5-15(11-25-19)21(22,23)24/h4-7,10-12H,3,8-9H2,1-2H3,(H,27,30). The summed E-state index contributed by atoms with van der Waals surface area (Å²) in [6, 6.07) is 8.01. The number of carbonyl (C=O) groups is 1. The SMILES string of the molecule is CCN1CCc2ccc(NC(=O)c3cnn(-c4ccc(C(F)(F)F)cn4)c3C)cc21. The Morgan fingerprint density at radius 2 is 2.00 bits per heavy atom. The van der Waals surface area contributed by atoms with Crippen molar-refractivity contribution in [3.63, 3.8) is 0 Å². The fraction of sp³-hybridized carbons (Fsp3) is 0.286. The first-order chi connectivity index (χ1) is 14.3. The lowest BCUT2D eigenvalue weighted by Gasteiger charge is -2.17. The Kier molecular flexibility index (Phi) is 4.97. The summed E-state index contributed by atoms with van der Waals surface area (Å²) in [5.74, 6) is -0.137. The zero-order chi connectivity index (χ0) is 21.5. The number of amides is 1. The first-order valence-electron chi connectivity index (χ1n) is 9.55. The molecule has 2 aromatic heterocycles. The predicted molar refractivity (Wildman–Crippen MR) is 107 cm³/mol. The maximum atomic E-state index is 12.8. The molecule has 0 radical (unpaired) electrons. The van der Waals surface area contributed by atoms with Crippen LogP contribution in [-0.4, -0.2) is 33.8 Å². The van der Waals surface area contributed by atoms with Crippen LogP contribution in [0.4, 0.5) is 24.5 Å². The molecule has 0 fully saturated rings. The molecule has 1 aromatic carbocycles. The summed E-state index contributed by atoms with van der Waals surface area (Å²) in [4.78, 5) is 18.9. The van der Waals surface area contributed by atoms with Crippen molar-refractivity contribution < 1.29 is 18.0 Å². The molecule has 1 aliphatic heterocycles. The van der Waals surface area contributed by atoms with Crippen LogP contribution in [-0.2, 0) is 12.6 Å². The molecule has 0 saturated heterocycles. The average Bonchev–Trinajstić information content (AvgIpc) is 3.30. The average molecular weight is 415 g/mol. The molecular formula is C21H20F3N5O. The molecule has 9 heteroatoms. The summed E-state index contributed by atoms with van der Waals surface area (Å²) in [6.07, 6.45) is -1.34. The fourth-order valence-electron chi connectivity index (χ4n) is 3.59. The van der Waals surface area contributed by atoms with Gasteiger partial charge in [-0.1, -0.05) is 6.07 Å². The lowest BCUT2D eigenvalue weighted by molar-refractivity contribution is -0.137. The first kappa shape index (κ1) is 19.9. The van der Waals surface area contributed by atoms with Crippen LogP contribution in [0, 0.1) is 6.92 Å². The molecule has 30 heavy (non-hydrogen) atoms. The Morgan fingerprint density at radius 1 is 1.20 bits per heavy atom. The Morgan fingerprint density at radius 3 is 2.67 bits per heavy atom. The number of hydrogen-bond donors (Lipinski definition) is 1. The molecule has 0 bridgehead atoms. The van der Waals surface area contributed by atoms with Crippen molar-refractivity contribution in [3.8, 4) is 5.82 Å². The van der Waals surface area contributed by atoms with Crippen molar-refractivity contribution in [2.45, 2.75) is 26.4 Å². The largest absolute Gasteiger partial charge is 0.417 e. The van der Waals surface area contributed by atoms with Gasteiger partial charge in [-0.05, 0) is 50.1 Å². The summed E-state index contributed by atoms with van der Waals surface area (Å²) in [7, 11) is 0. The van der Waals surface area contributed by atoms with E-state index in [-0.39, 0.29) is 11.7 Å². The van der Waals surface area contributed by atoms with Crippen LogP contribution in [0.1, 0.15) is 34.1 Å². The zero-order valence-corrected chi connectivity index (χ0v) is 16.5. The second-order valence-electron chi connectivity index (χ2n) is 7.09. The van der Waals surface area contributed by atoms with Crippen LogP contribution in [0.5, 0.6) is 0 Å². The van der Waals surface area contributed by atoms with E-state index in [1.807, 2.05) is 18.2 Å². The van der Waals surface area contributed by atoms with Gasteiger partial charge in [-0.2, -0.15) is 18.3 Å². The van der Waals surface area contributed by atoms with Gasteiger partial charge in [-0.3, -0.25) is 4.79 Å². The number of nitrogens with zero attached hydrogens (tertiary/aromatic N) is 4. The number of pyridine rings is 1. The lowest BCUT2D eigenvalue weighted by Crippen LogP contribution is -2.19. The maximum absolute atomic E-state index is 12.8. The maximum Gasteiger partial charge on any atom is 0.417 e. The van der Waals surface area contributed by atoms with E-state index >= 15 is 0 Å². The van der Waals surface area contributed by atoms with Crippen molar-refractivity contribution in [1.29, 1.82) is 0 Å². The number of benzene rings is 1. The lowest BCUT2D eigenvalue weighted by atomic mass is 10.1. The quantitative estimate of drug-likeness (QED) is 0.693. The summed E-state index contributed by atoms with van der Waals surface area (Å²) in [6.45, 7) is 5.63. The molecule has 3 aromatic rings. The number of halogens is 3. The number of alkyl halides is 3. The molecule has 0 unspecified atom stereocenters. The summed E-state index contributed by atoms with van der Waals surface area (Å²) < 4.78 is 39.5. The van der Waals surface area contributed by atoms with Crippen LogP contribution in [0.25, 0.3) is 5.82 Å². The highest BCUT2D eigenvalue weighted by molar-refractivity contribution is 6.05. The molecule has 3 heterocycles. The number of rotatable bonds is 4. The zero-order valence-electron chi connectivity index (χ0n) is 16.5. The van der Waals surface area contributed by atoms with Gasteiger partial charge in [-0.25, -0.2) is 9.67 Å². The molecule has 1 amide bonds. The minimum atomic E-state index is -4.46. The Labute approximate surface area is 171 Å². The van der Waals surface area contributed by atoms with Crippen LogP contribution < -0.4 is 10.2 Å². The van der Waals surface area contributed by atoms with E-state index in [4.69, 9.17) is 0 Å². The van der Waals surface area contributed by atoms with Crippen molar-refractivity contribution in [3.05, 3.63) is 65.1 Å². The van der Waals surface area contributed by atoms with Crippen molar-refractivity contribution in [1.82, 2.24) is 14.8 Å². The third-order valence-corrected chi connectivity index (χ3v) is 5.26. The highest BCUT2D eigenvalue weighted by atomic mass is 19.4. The first-order valence-corrected chi connectivity index (χ1v) is 9.55. The highest BCUT2D eigenvalue weighted by Gasteiger charge is 2.31. The minimum Gasteiger partial charge on any atom is -0.371 e. The van der Waals surface area contributed by atoms with Gasteiger partial charge < -0.3 is 10.2 Å². The third-order valence-electron chi connectivity index (χ3n) is 5.26. The number of hydrogen-bond acceptors (Lipinski definition) is 4. The van der Waals surface area contributed by atoms with Crippen LogP contribution >= 0.6 is 0 Å². The van der Waals surface area contributed by atoms with E-state index in [1.54, 1.807) is 6.92 Å². The van der Waals surface area contributed by atoms with E-state index in [1.165, 1.54) is 22.5 Å². The van der Waals surface area contributed by atoms with Gasteiger partial charge in [0.25, 0.3) is 5.91 Å². The van der Waals surface area contributed by atoms with Gasteiger partial charge in [0.05, 0.1) is 23.0 Å². The molecule has 156 valence electrons. The van der Waals surface area contributed by atoms with Crippen molar-refractivity contribution in [2.24, 2.45) is 0 Å². The van der Waals surface area contributed by atoms with Crippen molar-refractivity contribution >= 4 is 17.3 Å². The van der Waals surface area contributed by atoms with Gasteiger partial charge in [0, 0.05) is 30.7 Å². The number of likely N-dealkylation sites (N-methyl/N-ethyl adjacent to an activating group) is 1. The summed E-state index contributed by atoms with van der Waals surface area (Å²) >= 11 is 0. The topological polar surface area (TPSA) is 63.1 Å². The monoisotopic (exact) mass is 415 g/mol. The number of nitrogens with one attached hydrogen (secondary N) is 1. The molecule has 6 nitrogen and oxygen atoms in total. The summed E-state index contributed by atoms with van der Waals surface area (Å²) in [5, 5.41) is 7.01. The molecule has 1 N–H and O–H groups in total. The highest BCUT2D eigenvalue weighted by Crippen LogP contribution is 2.31. The van der Waals surface area contributed by atoms with E-state index < -0.39 is 11.7 Å². The molecule has 0 spiro atoms. The van der Waals surface area contributed by atoms with Crippen LogP contribution in [0.15, 0.2) is 42.7 Å². The Hall–Kier alpha value is -3.36. The predicted octanol–water partition coefficient (Wildman–Crippen LogP) is 4.23. The van der Waals surface area contributed by atoms with Crippen LogP contribution in [0.3, 0.4) is 0 Å². The molecule has 1 aliphatic rings. The molecule has 4 rings (SSSR count). The second-order valence-corrected chi connectivity index (χ2v) is 7.09. The Balaban J connectivity index is 1.55. The molecular weight excluding hydrogens is 395 g/mol. The van der Waals surface area contributed by atoms with E-state index in [0.717, 1.165) is 37.5 Å². The summed E-state index contributed by atoms with van der Waals surface area (Å²) in [5.41, 5.74) is 3.02. The van der Waals surface area contributed by atoms with E-state index in [2.05, 4.69) is 27.2 Å².